The number of furan rings is 1. The molecule has 0 saturated heterocycles. The van der Waals surface area contributed by atoms with Gasteiger partial charge in [0.2, 0.25) is 0 Å². The molecule has 0 bridgehead atoms. The van der Waals surface area contributed by atoms with Gasteiger partial charge in [0.15, 0.2) is 0 Å². The summed E-state index contributed by atoms with van der Waals surface area (Å²) in [4.78, 5) is 0. The van der Waals surface area contributed by atoms with E-state index in [-0.39, 0.29) is 0 Å². The van der Waals surface area contributed by atoms with E-state index >= 15 is 0 Å². The third-order valence-electron chi connectivity index (χ3n) is 2.45. The van der Waals surface area contributed by atoms with Gasteiger partial charge in [-0.15, -0.1) is 0 Å². The SMILES string of the molecule is Cc1cc2c(o1)CCC(C)C2. The summed E-state index contributed by atoms with van der Waals surface area (Å²) in [5, 5.41) is 0. The largest absolute Gasteiger partial charge is 0.466 e. The van der Waals surface area contributed by atoms with Crippen molar-refractivity contribution in [2.75, 3.05) is 0 Å². The zero-order valence-electron chi connectivity index (χ0n) is 7.18. The Morgan fingerprint density at radius 1 is 1.55 bits per heavy atom. The standard InChI is InChI=1S/C10H14O/c1-7-3-4-10-9(5-7)6-8(2)11-10/h6-7H,3-5H2,1-2H3. The lowest BCUT2D eigenvalue weighted by Crippen LogP contribution is -2.08. The fourth-order valence-corrected chi connectivity index (χ4v) is 1.85. The van der Waals surface area contributed by atoms with Crippen molar-refractivity contribution in [2.45, 2.75) is 33.1 Å². The third-order valence-corrected chi connectivity index (χ3v) is 2.45. The van der Waals surface area contributed by atoms with E-state index in [2.05, 4.69) is 13.0 Å². The zero-order chi connectivity index (χ0) is 7.84. The summed E-state index contributed by atoms with van der Waals surface area (Å²) in [6, 6.07) is 2.19. The molecule has 0 amide bonds. The van der Waals surface area contributed by atoms with Crippen molar-refractivity contribution in [1.82, 2.24) is 0 Å². The quantitative estimate of drug-likeness (QED) is 0.554. The van der Waals surface area contributed by atoms with Crippen molar-refractivity contribution in [3.8, 4) is 0 Å². The molecule has 11 heavy (non-hydrogen) atoms. The van der Waals surface area contributed by atoms with E-state index in [1.165, 1.54) is 24.2 Å². The maximum absolute atomic E-state index is 5.55. The molecule has 1 aromatic heterocycles. The van der Waals surface area contributed by atoms with Crippen LogP contribution in [0, 0.1) is 12.8 Å². The van der Waals surface area contributed by atoms with Crippen molar-refractivity contribution >= 4 is 0 Å². The maximum atomic E-state index is 5.55. The van der Waals surface area contributed by atoms with E-state index in [1.54, 1.807) is 0 Å². The van der Waals surface area contributed by atoms with Crippen LogP contribution in [0.15, 0.2) is 10.5 Å². The summed E-state index contributed by atoms with van der Waals surface area (Å²) in [7, 11) is 0. The summed E-state index contributed by atoms with van der Waals surface area (Å²) in [5.74, 6) is 3.16. The smallest absolute Gasteiger partial charge is 0.107 e. The minimum atomic E-state index is 0.847. The molecule has 1 atom stereocenters. The highest BCUT2D eigenvalue weighted by Crippen LogP contribution is 2.27. The van der Waals surface area contributed by atoms with Crippen molar-refractivity contribution in [3.05, 3.63) is 23.2 Å². The van der Waals surface area contributed by atoms with Crippen LogP contribution >= 0.6 is 0 Å². The fraction of sp³-hybridized carbons (Fsp3) is 0.600. The normalized spacial score (nSPS) is 23.3. The van der Waals surface area contributed by atoms with E-state index in [1.807, 2.05) is 6.92 Å². The predicted octanol–water partition coefficient (Wildman–Crippen LogP) is 2.71. The van der Waals surface area contributed by atoms with E-state index in [4.69, 9.17) is 4.42 Å². The van der Waals surface area contributed by atoms with Crippen LogP contribution in [0.3, 0.4) is 0 Å². The Morgan fingerprint density at radius 3 is 3.18 bits per heavy atom. The third kappa shape index (κ3) is 1.20. The molecule has 0 N–H and O–H groups in total. The lowest BCUT2D eigenvalue weighted by molar-refractivity contribution is 0.415. The Balaban J connectivity index is 2.34. The Kier molecular flexibility index (Phi) is 1.52. The minimum absolute atomic E-state index is 0.847. The second-order valence-electron chi connectivity index (χ2n) is 3.65. The first-order chi connectivity index (χ1) is 5.25. The number of fused-ring (bicyclic) bond motifs is 1. The molecule has 1 nitrogen and oxygen atoms in total. The van der Waals surface area contributed by atoms with E-state index in [0.717, 1.165) is 18.1 Å². The Hall–Kier alpha value is -0.720. The monoisotopic (exact) mass is 150 g/mol. The second kappa shape index (κ2) is 2.40. The molecule has 0 fully saturated rings. The van der Waals surface area contributed by atoms with Gasteiger partial charge in [-0.25, -0.2) is 0 Å². The van der Waals surface area contributed by atoms with Gasteiger partial charge >= 0.3 is 0 Å². The van der Waals surface area contributed by atoms with Crippen LogP contribution in [-0.4, -0.2) is 0 Å². The van der Waals surface area contributed by atoms with Gasteiger partial charge in [0.05, 0.1) is 0 Å². The summed E-state index contributed by atoms with van der Waals surface area (Å²) in [5.41, 5.74) is 1.45. The lowest BCUT2D eigenvalue weighted by Gasteiger charge is -2.15. The molecule has 0 aromatic carbocycles. The Labute approximate surface area is 67.4 Å². The van der Waals surface area contributed by atoms with Gasteiger partial charge in [-0.05, 0) is 37.3 Å². The van der Waals surface area contributed by atoms with Crippen molar-refractivity contribution in [2.24, 2.45) is 5.92 Å². The fourth-order valence-electron chi connectivity index (χ4n) is 1.85. The molecule has 1 aliphatic rings. The van der Waals surface area contributed by atoms with Crippen LogP contribution in [0.5, 0.6) is 0 Å². The van der Waals surface area contributed by atoms with Crippen LogP contribution in [0.25, 0.3) is 0 Å². The zero-order valence-corrected chi connectivity index (χ0v) is 7.18. The first-order valence-corrected chi connectivity index (χ1v) is 4.34. The van der Waals surface area contributed by atoms with Crippen molar-refractivity contribution in [3.63, 3.8) is 0 Å². The molecular formula is C10H14O. The second-order valence-corrected chi connectivity index (χ2v) is 3.65. The Bertz CT molecular complexity index is 260. The van der Waals surface area contributed by atoms with Gasteiger partial charge in [0.1, 0.15) is 11.5 Å². The molecule has 1 aromatic rings. The average Bonchev–Trinajstić information content (AvgIpc) is 2.27. The van der Waals surface area contributed by atoms with Gasteiger partial charge in [0.25, 0.3) is 0 Å². The lowest BCUT2D eigenvalue weighted by atomic mass is 9.90. The average molecular weight is 150 g/mol. The highest BCUT2D eigenvalue weighted by molar-refractivity contribution is 5.23. The highest BCUT2D eigenvalue weighted by Gasteiger charge is 2.18. The molecule has 0 radical (unpaired) electrons. The molecule has 0 aliphatic heterocycles. The van der Waals surface area contributed by atoms with Gasteiger partial charge in [-0.2, -0.15) is 0 Å². The van der Waals surface area contributed by atoms with E-state index < -0.39 is 0 Å². The van der Waals surface area contributed by atoms with Gasteiger partial charge in [0, 0.05) is 6.42 Å². The van der Waals surface area contributed by atoms with Gasteiger partial charge in [-0.3, -0.25) is 0 Å². The van der Waals surface area contributed by atoms with Gasteiger partial charge in [-0.1, -0.05) is 6.92 Å². The van der Waals surface area contributed by atoms with Crippen LogP contribution in [0.2, 0.25) is 0 Å². The Morgan fingerprint density at radius 2 is 2.36 bits per heavy atom. The molecule has 60 valence electrons. The maximum Gasteiger partial charge on any atom is 0.107 e. The summed E-state index contributed by atoms with van der Waals surface area (Å²) in [6.07, 6.45) is 3.65. The summed E-state index contributed by atoms with van der Waals surface area (Å²) >= 11 is 0. The molecule has 1 aliphatic carbocycles. The van der Waals surface area contributed by atoms with Crippen LogP contribution in [-0.2, 0) is 12.8 Å². The van der Waals surface area contributed by atoms with Crippen LogP contribution < -0.4 is 0 Å². The topological polar surface area (TPSA) is 13.1 Å². The number of hydrogen-bond donors (Lipinski definition) is 0. The predicted molar refractivity (Wildman–Crippen MR) is 44.6 cm³/mol. The molecular weight excluding hydrogens is 136 g/mol. The summed E-state index contributed by atoms with van der Waals surface area (Å²) < 4.78 is 5.55. The number of aryl methyl sites for hydroxylation is 2. The molecule has 1 unspecified atom stereocenters. The molecule has 0 spiro atoms. The van der Waals surface area contributed by atoms with Crippen LogP contribution in [0.1, 0.15) is 30.4 Å². The summed E-state index contributed by atoms with van der Waals surface area (Å²) in [6.45, 7) is 4.34. The molecule has 1 heteroatoms. The first-order valence-electron chi connectivity index (χ1n) is 4.34. The van der Waals surface area contributed by atoms with E-state index in [0.29, 0.717) is 0 Å². The minimum Gasteiger partial charge on any atom is -0.466 e. The van der Waals surface area contributed by atoms with Gasteiger partial charge < -0.3 is 4.42 Å². The molecule has 1 heterocycles. The highest BCUT2D eigenvalue weighted by atomic mass is 16.3. The van der Waals surface area contributed by atoms with Crippen molar-refractivity contribution in [1.29, 1.82) is 0 Å². The number of rotatable bonds is 0. The van der Waals surface area contributed by atoms with Crippen LogP contribution in [0.4, 0.5) is 0 Å². The molecule has 2 rings (SSSR count). The first kappa shape index (κ1) is 6.96. The number of hydrogen-bond acceptors (Lipinski definition) is 1. The van der Waals surface area contributed by atoms with Crippen molar-refractivity contribution < 1.29 is 4.42 Å². The molecule has 0 saturated carbocycles. The van der Waals surface area contributed by atoms with E-state index in [9.17, 15) is 0 Å².